The number of anilines is 1. The van der Waals surface area contributed by atoms with Crippen LogP contribution in [0.5, 0.6) is 5.75 Å². The molecule has 2 bridgehead atoms. The Bertz CT molecular complexity index is 663. The summed E-state index contributed by atoms with van der Waals surface area (Å²) in [5.41, 5.74) is 1.93. The van der Waals surface area contributed by atoms with Gasteiger partial charge in [-0.15, -0.1) is 6.42 Å². The van der Waals surface area contributed by atoms with Crippen LogP contribution in [0.1, 0.15) is 33.6 Å². The first-order valence-electron chi connectivity index (χ1n) is 9.20. The Morgan fingerprint density at radius 3 is 2.62 bits per heavy atom. The molecule has 2 saturated heterocycles. The van der Waals surface area contributed by atoms with Gasteiger partial charge in [0.1, 0.15) is 5.75 Å². The highest BCUT2D eigenvalue weighted by atomic mass is 16.5. The molecule has 3 heteroatoms. The number of hydrogen-bond donors (Lipinski definition) is 0. The summed E-state index contributed by atoms with van der Waals surface area (Å²) in [5, 5.41) is 0. The summed E-state index contributed by atoms with van der Waals surface area (Å²) >= 11 is 0. The molecule has 1 saturated carbocycles. The van der Waals surface area contributed by atoms with Gasteiger partial charge in [-0.05, 0) is 56.9 Å². The van der Waals surface area contributed by atoms with Gasteiger partial charge in [0.25, 0.3) is 0 Å². The number of hydrogen-bond acceptors (Lipinski definition) is 3. The smallest absolute Gasteiger partial charge is 0.119 e. The molecule has 4 atom stereocenters. The van der Waals surface area contributed by atoms with Gasteiger partial charge in [-0.3, -0.25) is 4.90 Å². The van der Waals surface area contributed by atoms with E-state index in [9.17, 15) is 0 Å². The van der Waals surface area contributed by atoms with Gasteiger partial charge in [0.05, 0.1) is 13.2 Å². The molecule has 3 aliphatic rings. The maximum atomic E-state index is 5.63. The first-order valence-corrected chi connectivity index (χ1v) is 9.20. The fourth-order valence-corrected chi connectivity index (χ4v) is 5.60. The molecule has 3 nitrogen and oxygen atoms in total. The number of rotatable bonds is 4. The minimum atomic E-state index is 0.254. The molecule has 1 aromatic carbocycles. The van der Waals surface area contributed by atoms with Crippen molar-refractivity contribution in [2.45, 2.75) is 45.2 Å². The van der Waals surface area contributed by atoms with Crippen LogP contribution >= 0.6 is 0 Å². The molecule has 128 valence electrons. The van der Waals surface area contributed by atoms with Gasteiger partial charge < -0.3 is 9.64 Å². The maximum Gasteiger partial charge on any atom is 0.119 e. The van der Waals surface area contributed by atoms with Gasteiger partial charge in [-0.2, -0.15) is 0 Å². The Morgan fingerprint density at radius 2 is 1.96 bits per heavy atom. The van der Waals surface area contributed by atoms with Crippen LogP contribution in [0, 0.1) is 23.7 Å². The SMILES string of the molecule is C#CCN1CC2CN(c3ccc(OCC)cc3)C3CC1(C)C3(C)C2. The topological polar surface area (TPSA) is 15.7 Å². The van der Waals surface area contributed by atoms with Crippen LogP contribution in [-0.2, 0) is 0 Å². The standard InChI is InChI=1S/C21H28N2O/c1-5-11-22-14-16-12-20(3)19(13-21(20,22)4)23(15-16)17-7-9-18(10-8-17)24-6-2/h1,7-10,16,19H,6,11-15H2,2-4H3. The highest BCUT2D eigenvalue weighted by Gasteiger charge is 2.68. The third-order valence-corrected chi connectivity index (χ3v) is 7.04. The van der Waals surface area contributed by atoms with Crippen molar-refractivity contribution in [3.63, 3.8) is 0 Å². The van der Waals surface area contributed by atoms with Crippen LogP contribution in [-0.4, -0.2) is 42.7 Å². The molecule has 3 fully saturated rings. The summed E-state index contributed by atoms with van der Waals surface area (Å²) in [4.78, 5) is 5.23. The summed E-state index contributed by atoms with van der Waals surface area (Å²) in [6.45, 7) is 10.7. The third-order valence-electron chi connectivity index (χ3n) is 7.04. The van der Waals surface area contributed by atoms with E-state index in [0.717, 1.165) is 32.0 Å². The lowest BCUT2D eigenvalue weighted by Crippen LogP contribution is -2.81. The van der Waals surface area contributed by atoms with Crippen molar-refractivity contribution in [1.29, 1.82) is 0 Å². The first kappa shape index (κ1) is 15.8. The second-order valence-corrected chi connectivity index (χ2v) is 8.15. The number of nitrogens with zero attached hydrogens (tertiary/aromatic N) is 2. The predicted octanol–water partition coefficient (Wildman–Crippen LogP) is 3.40. The van der Waals surface area contributed by atoms with Crippen LogP contribution < -0.4 is 9.64 Å². The van der Waals surface area contributed by atoms with Crippen LogP contribution in [0.25, 0.3) is 0 Å². The van der Waals surface area contributed by atoms with E-state index in [1.54, 1.807) is 0 Å². The lowest BCUT2D eigenvalue weighted by Gasteiger charge is -2.74. The zero-order valence-electron chi connectivity index (χ0n) is 15.1. The molecule has 0 amide bonds. The van der Waals surface area contributed by atoms with E-state index in [4.69, 9.17) is 11.2 Å². The van der Waals surface area contributed by atoms with Crippen molar-refractivity contribution in [1.82, 2.24) is 4.90 Å². The average molecular weight is 324 g/mol. The highest BCUT2D eigenvalue weighted by Crippen LogP contribution is 2.63. The van der Waals surface area contributed by atoms with Gasteiger partial charge >= 0.3 is 0 Å². The van der Waals surface area contributed by atoms with Gasteiger partial charge in [-0.25, -0.2) is 0 Å². The van der Waals surface area contributed by atoms with Gasteiger partial charge in [0.2, 0.25) is 0 Å². The van der Waals surface area contributed by atoms with Crippen molar-refractivity contribution in [2.24, 2.45) is 11.3 Å². The number of fused-ring (bicyclic) bond motifs is 1. The minimum absolute atomic E-state index is 0.254. The normalized spacial score (nSPS) is 37.5. The Kier molecular flexibility index (Phi) is 3.58. The van der Waals surface area contributed by atoms with Crippen molar-refractivity contribution in [2.75, 3.05) is 31.1 Å². The molecule has 2 aliphatic heterocycles. The summed E-state index contributed by atoms with van der Waals surface area (Å²) in [6, 6.07) is 9.29. The predicted molar refractivity (Wildman–Crippen MR) is 98.4 cm³/mol. The highest BCUT2D eigenvalue weighted by molar-refractivity contribution is 5.53. The molecular formula is C21H28N2O. The van der Waals surface area contributed by atoms with Crippen molar-refractivity contribution in [3.8, 4) is 18.1 Å². The first-order chi connectivity index (χ1) is 11.5. The van der Waals surface area contributed by atoms with Crippen molar-refractivity contribution < 1.29 is 4.74 Å². The van der Waals surface area contributed by atoms with Crippen molar-refractivity contribution >= 4 is 5.69 Å². The molecule has 2 heterocycles. The number of ether oxygens (including phenoxy) is 1. The Balaban J connectivity index is 1.61. The summed E-state index contributed by atoms with van der Waals surface area (Å²) < 4.78 is 5.59. The maximum absolute atomic E-state index is 5.63. The molecule has 4 unspecified atom stereocenters. The average Bonchev–Trinajstić information content (AvgIpc) is 2.56. The third kappa shape index (κ3) is 2.02. The molecule has 0 aromatic heterocycles. The molecular weight excluding hydrogens is 296 g/mol. The molecule has 0 radical (unpaired) electrons. The summed E-state index contributed by atoms with van der Waals surface area (Å²) in [5.74, 6) is 4.55. The Morgan fingerprint density at radius 1 is 1.21 bits per heavy atom. The lowest BCUT2D eigenvalue weighted by molar-refractivity contribution is -0.177. The molecule has 1 aromatic rings. The van der Waals surface area contributed by atoms with Crippen LogP contribution in [0.4, 0.5) is 5.69 Å². The molecule has 24 heavy (non-hydrogen) atoms. The van der Waals surface area contributed by atoms with E-state index in [2.05, 4.69) is 53.8 Å². The Labute approximate surface area is 146 Å². The second kappa shape index (κ2) is 5.43. The van der Waals surface area contributed by atoms with E-state index < -0.39 is 0 Å². The largest absolute Gasteiger partial charge is 0.494 e. The summed E-state index contributed by atoms with van der Waals surface area (Å²) in [6.07, 6.45) is 8.18. The van der Waals surface area contributed by atoms with E-state index >= 15 is 0 Å². The number of likely N-dealkylation sites (tertiary alicyclic amines) is 1. The quantitative estimate of drug-likeness (QED) is 0.790. The lowest BCUT2D eigenvalue weighted by atomic mass is 9.45. The molecule has 0 spiro atoms. The number of benzene rings is 1. The fraction of sp³-hybridized carbons (Fsp3) is 0.619. The van der Waals surface area contributed by atoms with Crippen molar-refractivity contribution in [3.05, 3.63) is 24.3 Å². The van der Waals surface area contributed by atoms with E-state index in [1.807, 2.05) is 6.92 Å². The minimum Gasteiger partial charge on any atom is -0.494 e. The second-order valence-electron chi connectivity index (χ2n) is 8.15. The molecule has 0 N–H and O–H groups in total. The monoisotopic (exact) mass is 324 g/mol. The van der Waals surface area contributed by atoms with E-state index in [1.165, 1.54) is 18.5 Å². The fourth-order valence-electron chi connectivity index (χ4n) is 5.60. The molecule has 1 aliphatic carbocycles. The van der Waals surface area contributed by atoms with Gasteiger partial charge in [-0.1, -0.05) is 12.8 Å². The van der Waals surface area contributed by atoms with E-state index in [-0.39, 0.29) is 5.54 Å². The zero-order valence-corrected chi connectivity index (χ0v) is 15.1. The van der Waals surface area contributed by atoms with E-state index in [0.29, 0.717) is 17.4 Å². The molecule has 4 rings (SSSR count). The number of terminal acetylenes is 1. The van der Waals surface area contributed by atoms with Crippen LogP contribution in [0.3, 0.4) is 0 Å². The van der Waals surface area contributed by atoms with Crippen LogP contribution in [0.15, 0.2) is 24.3 Å². The number of piperidine rings is 2. The Hall–Kier alpha value is -1.66. The zero-order chi connectivity index (χ0) is 16.9. The summed E-state index contributed by atoms with van der Waals surface area (Å²) in [7, 11) is 0. The van der Waals surface area contributed by atoms with Crippen LogP contribution in [0.2, 0.25) is 0 Å². The van der Waals surface area contributed by atoms with Gasteiger partial charge in [0, 0.05) is 35.8 Å². The van der Waals surface area contributed by atoms with Gasteiger partial charge in [0.15, 0.2) is 0 Å².